The maximum Gasteiger partial charge on any atom is 0.135 e. The standard InChI is InChI=1S/C23H26N2O2/c1-25-13-11-23(12-14-25,20-6-3-2-4-7-20)18-26-17-21-10-9-19(16-24-21)22-8-5-15-27-22/h2-10,15-16H,11-14,17-18H2,1H3. The van der Waals surface area contributed by atoms with Gasteiger partial charge in [-0.25, -0.2) is 0 Å². The van der Waals surface area contributed by atoms with Crippen LogP contribution in [0.4, 0.5) is 0 Å². The number of furan rings is 1. The highest BCUT2D eigenvalue weighted by Gasteiger charge is 2.35. The number of pyridine rings is 1. The molecule has 4 nitrogen and oxygen atoms in total. The molecule has 0 aliphatic carbocycles. The van der Waals surface area contributed by atoms with Crippen molar-refractivity contribution in [3.8, 4) is 11.3 Å². The lowest BCUT2D eigenvalue weighted by Gasteiger charge is -2.41. The van der Waals surface area contributed by atoms with Gasteiger partial charge in [0.15, 0.2) is 0 Å². The summed E-state index contributed by atoms with van der Waals surface area (Å²) < 4.78 is 11.6. The molecule has 0 radical (unpaired) electrons. The Bertz CT molecular complexity index is 821. The molecule has 4 rings (SSSR count). The van der Waals surface area contributed by atoms with Gasteiger partial charge in [0.25, 0.3) is 0 Å². The van der Waals surface area contributed by atoms with Crippen LogP contribution in [0.1, 0.15) is 24.1 Å². The minimum Gasteiger partial charge on any atom is -0.464 e. The van der Waals surface area contributed by atoms with Crippen molar-refractivity contribution in [3.63, 3.8) is 0 Å². The Morgan fingerprint density at radius 1 is 1.04 bits per heavy atom. The molecule has 2 aromatic heterocycles. The monoisotopic (exact) mass is 362 g/mol. The molecule has 0 amide bonds. The van der Waals surface area contributed by atoms with E-state index in [0.29, 0.717) is 6.61 Å². The van der Waals surface area contributed by atoms with Gasteiger partial charge in [-0.15, -0.1) is 0 Å². The molecule has 4 heteroatoms. The fourth-order valence-corrected chi connectivity index (χ4v) is 3.80. The van der Waals surface area contributed by atoms with E-state index in [9.17, 15) is 0 Å². The van der Waals surface area contributed by atoms with Gasteiger partial charge in [-0.2, -0.15) is 0 Å². The summed E-state index contributed by atoms with van der Waals surface area (Å²) in [6, 6.07) is 18.7. The summed E-state index contributed by atoms with van der Waals surface area (Å²) >= 11 is 0. The first kappa shape index (κ1) is 18.0. The molecule has 1 aromatic carbocycles. The first-order valence-electron chi connectivity index (χ1n) is 9.56. The zero-order chi connectivity index (χ0) is 18.5. The highest BCUT2D eigenvalue weighted by atomic mass is 16.5. The molecule has 3 aromatic rings. The van der Waals surface area contributed by atoms with Crippen molar-refractivity contribution in [1.29, 1.82) is 0 Å². The van der Waals surface area contributed by atoms with Gasteiger partial charge < -0.3 is 14.1 Å². The fourth-order valence-electron chi connectivity index (χ4n) is 3.80. The number of ether oxygens (including phenoxy) is 1. The topological polar surface area (TPSA) is 38.5 Å². The molecule has 3 heterocycles. The molecule has 27 heavy (non-hydrogen) atoms. The van der Waals surface area contributed by atoms with Crippen molar-refractivity contribution < 1.29 is 9.15 Å². The van der Waals surface area contributed by atoms with Gasteiger partial charge in [0, 0.05) is 17.2 Å². The second-order valence-corrected chi connectivity index (χ2v) is 7.46. The molecule has 140 valence electrons. The molecule has 0 bridgehead atoms. The molecule has 0 saturated carbocycles. The smallest absolute Gasteiger partial charge is 0.135 e. The van der Waals surface area contributed by atoms with E-state index in [2.05, 4.69) is 47.3 Å². The average molecular weight is 362 g/mol. The molecule has 1 fully saturated rings. The van der Waals surface area contributed by atoms with E-state index in [1.54, 1.807) is 6.26 Å². The van der Waals surface area contributed by atoms with E-state index in [1.165, 1.54) is 5.56 Å². The normalized spacial score (nSPS) is 17.1. The summed E-state index contributed by atoms with van der Waals surface area (Å²) in [7, 11) is 2.19. The molecule has 1 aliphatic rings. The third-order valence-corrected chi connectivity index (χ3v) is 5.59. The minimum atomic E-state index is 0.0991. The van der Waals surface area contributed by atoms with Crippen molar-refractivity contribution in [3.05, 3.63) is 78.3 Å². The van der Waals surface area contributed by atoms with Gasteiger partial charge in [-0.3, -0.25) is 4.98 Å². The Labute approximate surface area is 160 Å². The Balaban J connectivity index is 1.41. The summed E-state index contributed by atoms with van der Waals surface area (Å²) in [5, 5.41) is 0. The number of aromatic nitrogens is 1. The van der Waals surface area contributed by atoms with Crippen molar-refractivity contribution in [2.75, 3.05) is 26.7 Å². The molecule has 0 unspecified atom stereocenters. The van der Waals surface area contributed by atoms with E-state index in [-0.39, 0.29) is 5.41 Å². The molecule has 1 aliphatic heterocycles. The van der Waals surface area contributed by atoms with E-state index in [4.69, 9.17) is 9.15 Å². The van der Waals surface area contributed by atoms with Gasteiger partial charge in [0.05, 0.1) is 25.2 Å². The number of benzene rings is 1. The number of rotatable bonds is 6. The first-order chi connectivity index (χ1) is 13.3. The highest BCUT2D eigenvalue weighted by molar-refractivity contribution is 5.55. The third kappa shape index (κ3) is 4.12. The molecule has 0 atom stereocenters. The highest BCUT2D eigenvalue weighted by Crippen LogP contribution is 2.35. The van der Waals surface area contributed by atoms with Crippen LogP contribution >= 0.6 is 0 Å². The summed E-state index contributed by atoms with van der Waals surface area (Å²) in [6.07, 6.45) is 5.77. The SMILES string of the molecule is CN1CCC(COCc2ccc(-c3ccco3)cn2)(c2ccccc2)CC1. The summed E-state index contributed by atoms with van der Waals surface area (Å²) in [6.45, 7) is 3.47. The zero-order valence-electron chi connectivity index (χ0n) is 15.8. The van der Waals surface area contributed by atoms with Gasteiger partial charge in [0.1, 0.15) is 5.76 Å². The minimum absolute atomic E-state index is 0.0991. The van der Waals surface area contributed by atoms with Crippen LogP contribution in [0.2, 0.25) is 0 Å². The predicted molar refractivity (Wildman–Crippen MR) is 106 cm³/mol. The second kappa shape index (κ2) is 8.07. The van der Waals surface area contributed by atoms with Crippen LogP contribution in [-0.2, 0) is 16.8 Å². The van der Waals surface area contributed by atoms with Crippen molar-refractivity contribution in [2.24, 2.45) is 0 Å². The quantitative estimate of drug-likeness (QED) is 0.646. The van der Waals surface area contributed by atoms with Crippen LogP contribution in [0.15, 0.2) is 71.5 Å². The van der Waals surface area contributed by atoms with Gasteiger partial charge >= 0.3 is 0 Å². The van der Waals surface area contributed by atoms with Crippen molar-refractivity contribution >= 4 is 0 Å². The Morgan fingerprint density at radius 3 is 2.52 bits per heavy atom. The first-order valence-corrected chi connectivity index (χ1v) is 9.56. The molecule has 0 N–H and O–H groups in total. The van der Waals surface area contributed by atoms with Crippen LogP contribution in [0, 0.1) is 0 Å². The van der Waals surface area contributed by atoms with E-state index in [0.717, 1.165) is 49.6 Å². The number of hydrogen-bond acceptors (Lipinski definition) is 4. The maximum atomic E-state index is 6.18. The van der Waals surface area contributed by atoms with Crippen LogP contribution in [0.25, 0.3) is 11.3 Å². The van der Waals surface area contributed by atoms with Crippen molar-refractivity contribution in [2.45, 2.75) is 24.9 Å². The summed E-state index contributed by atoms with van der Waals surface area (Å²) in [5.74, 6) is 0.837. The van der Waals surface area contributed by atoms with Gasteiger partial charge in [-0.05, 0) is 62.8 Å². The molecular formula is C23H26N2O2. The van der Waals surface area contributed by atoms with E-state index < -0.39 is 0 Å². The van der Waals surface area contributed by atoms with E-state index >= 15 is 0 Å². The summed E-state index contributed by atoms with van der Waals surface area (Å²) in [4.78, 5) is 6.93. The average Bonchev–Trinajstić information content (AvgIpc) is 3.26. The second-order valence-electron chi connectivity index (χ2n) is 7.46. The Hall–Kier alpha value is -2.43. The van der Waals surface area contributed by atoms with Crippen LogP contribution in [0.3, 0.4) is 0 Å². The lowest BCUT2D eigenvalue weighted by Crippen LogP contribution is -2.43. The number of likely N-dealkylation sites (tertiary alicyclic amines) is 1. The third-order valence-electron chi connectivity index (χ3n) is 5.59. The van der Waals surface area contributed by atoms with Crippen LogP contribution in [0.5, 0.6) is 0 Å². The van der Waals surface area contributed by atoms with Crippen LogP contribution in [-0.4, -0.2) is 36.6 Å². The number of hydrogen-bond donors (Lipinski definition) is 0. The Morgan fingerprint density at radius 2 is 1.85 bits per heavy atom. The maximum absolute atomic E-state index is 6.18. The predicted octanol–water partition coefficient (Wildman–Crippen LogP) is 4.52. The Kier molecular flexibility index (Phi) is 5.37. The largest absolute Gasteiger partial charge is 0.464 e. The van der Waals surface area contributed by atoms with Crippen molar-refractivity contribution in [1.82, 2.24) is 9.88 Å². The number of nitrogens with zero attached hydrogens (tertiary/aromatic N) is 2. The van der Waals surface area contributed by atoms with E-state index in [1.807, 2.05) is 30.5 Å². The van der Waals surface area contributed by atoms with Gasteiger partial charge in [-0.1, -0.05) is 30.3 Å². The van der Waals surface area contributed by atoms with Crippen LogP contribution < -0.4 is 0 Å². The molecule has 0 spiro atoms. The molecule has 1 saturated heterocycles. The lowest BCUT2D eigenvalue weighted by molar-refractivity contribution is 0.0394. The zero-order valence-corrected chi connectivity index (χ0v) is 15.8. The lowest BCUT2D eigenvalue weighted by atomic mass is 9.73. The number of piperidine rings is 1. The molecular weight excluding hydrogens is 336 g/mol. The fraction of sp³-hybridized carbons (Fsp3) is 0.348. The summed E-state index contributed by atoms with van der Waals surface area (Å²) in [5.41, 5.74) is 3.42. The van der Waals surface area contributed by atoms with Gasteiger partial charge in [0.2, 0.25) is 0 Å².